The zero-order valence-corrected chi connectivity index (χ0v) is 11.8. The Labute approximate surface area is 105 Å². The summed E-state index contributed by atoms with van der Waals surface area (Å²) in [6, 6.07) is 0. The third-order valence-corrected chi connectivity index (χ3v) is 2.87. The summed E-state index contributed by atoms with van der Waals surface area (Å²) >= 11 is 0. The van der Waals surface area contributed by atoms with E-state index in [4.69, 9.17) is 4.74 Å². The van der Waals surface area contributed by atoms with Crippen LogP contribution in [0.1, 0.15) is 53.9 Å². The second-order valence-corrected chi connectivity index (χ2v) is 5.62. The number of alkyl carbamates (subject to hydrolysis) is 1. The molecule has 1 amide bonds. The van der Waals surface area contributed by atoms with Crippen LogP contribution in [0.15, 0.2) is 0 Å². The fourth-order valence-corrected chi connectivity index (χ4v) is 1.74. The molecule has 0 heterocycles. The average molecular weight is 245 g/mol. The first-order chi connectivity index (χ1) is 7.78. The van der Waals surface area contributed by atoms with Crippen molar-refractivity contribution in [2.24, 2.45) is 5.41 Å². The summed E-state index contributed by atoms with van der Waals surface area (Å²) in [5.41, 5.74) is -0.700. The van der Waals surface area contributed by atoms with Crippen LogP contribution in [0.4, 0.5) is 4.79 Å². The van der Waals surface area contributed by atoms with E-state index in [9.17, 15) is 9.90 Å². The highest BCUT2D eigenvalue weighted by Gasteiger charge is 2.28. The smallest absolute Gasteiger partial charge is 0.407 e. The van der Waals surface area contributed by atoms with Gasteiger partial charge in [0.15, 0.2) is 0 Å². The maximum absolute atomic E-state index is 11.5. The molecular formula is C13H27NO3. The first-order valence-electron chi connectivity index (χ1n) is 6.36. The topological polar surface area (TPSA) is 58.6 Å². The Bertz CT molecular complexity index is 229. The zero-order valence-electron chi connectivity index (χ0n) is 11.8. The molecule has 102 valence electrons. The van der Waals surface area contributed by atoms with Gasteiger partial charge in [-0.25, -0.2) is 4.79 Å². The number of hydrogen-bond donors (Lipinski definition) is 2. The van der Waals surface area contributed by atoms with E-state index in [1.165, 1.54) is 0 Å². The van der Waals surface area contributed by atoms with Crippen LogP contribution >= 0.6 is 0 Å². The quantitative estimate of drug-likeness (QED) is 0.756. The van der Waals surface area contributed by atoms with Gasteiger partial charge in [0.1, 0.15) is 5.60 Å². The molecule has 0 fully saturated rings. The van der Waals surface area contributed by atoms with E-state index in [0.717, 1.165) is 19.3 Å². The van der Waals surface area contributed by atoms with E-state index in [-0.39, 0.29) is 12.0 Å². The van der Waals surface area contributed by atoms with Crippen molar-refractivity contribution < 1.29 is 14.6 Å². The number of carbonyl (C=O) groups excluding carboxylic acids is 1. The Balaban J connectivity index is 4.26. The summed E-state index contributed by atoms with van der Waals surface area (Å²) in [5, 5.41) is 12.2. The van der Waals surface area contributed by atoms with Crippen molar-refractivity contribution in [3.63, 3.8) is 0 Å². The lowest BCUT2D eigenvalue weighted by Crippen LogP contribution is -2.41. The Kier molecular flexibility index (Phi) is 6.53. The molecule has 17 heavy (non-hydrogen) atoms. The Hall–Kier alpha value is -0.770. The van der Waals surface area contributed by atoms with Gasteiger partial charge in [0.25, 0.3) is 0 Å². The number of aliphatic hydroxyl groups excluding tert-OH is 1. The number of hydrogen-bond acceptors (Lipinski definition) is 3. The standard InChI is InChI=1S/C13H27NO3/c1-6-8-13(7-2,10-15)9-14-11(16)17-12(3,4)5/h15H,6-10H2,1-5H3,(H,14,16). The van der Waals surface area contributed by atoms with Crippen molar-refractivity contribution in [3.8, 4) is 0 Å². The SMILES string of the molecule is CCCC(CC)(CO)CNC(=O)OC(C)(C)C. The predicted molar refractivity (Wildman–Crippen MR) is 69.0 cm³/mol. The predicted octanol–water partition coefficient (Wildman–Crippen LogP) is 2.70. The van der Waals surface area contributed by atoms with E-state index in [1.54, 1.807) is 0 Å². The average Bonchev–Trinajstić information content (AvgIpc) is 2.22. The summed E-state index contributed by atoms with van der Waals surface area (Å²) in [6.45, 7) is 10.2. The number of carbonyl (C=O) groups is 1. The lowest BCUT2D eigenvalue weighted by molar-refractivity contribution is 0.0451. The molecule has 0 aliphatic rings. The maximum atomic E-state index is 11.5. The minimum absolute atomic E-state index is 0.0904. The van der Waals surface area contributed by atoms with Gasteiger partial charge in [-0.05, 0) is 33.6 Å². The highest BCUT2D eigenvalue weighted by molar-refractivity contribution is 5.67. The van der Waals surface area contributed by atoms with Crippen molar-refractivity contribution in [2.45, 2.75) is 59.5 Å². The normalized spacial score (nSPS) is 15.2. The molecule has 0 saturated heterocycles. The molecule has 0 aromatic rings. The molecule has 2 N–H and O–H groups in total. The summed E-state index contributed by atoms with van der Waals surface area (Å²) in [4.78, 5) is 11.5. The molecule has 0 aliphatic carbocycles. The highest BCUT2D eigenvalue weighted by Crippen LogP contribution is 2.26. The summed E-state index contributed by atoms with van der Waals surface area (Å²) in [6.07, 6.45) is 2.31. The van der Waals surface area contributed by atoms with Crippen LogP contribution < -0.4 is 5.32 Å². The molecular weight excluding hydrogens is 218 g/mol. The number of ether oxygens (including phenoxy) is 1. The first kappa shape index (κ1) is 16.2. The third-order valence-electron chi connectivity index (χ3n) is 2.87. The molecule has 0 spiro atoms. The van der Waals surface area contributed by atoms with Crippen LogP contribution in [0.25, 0.3) is 0 Å². The fourth-order valence-electron chi connectivity index (χ4n) is 1.74. The zero-order chi connectivity index (χ0) is 13.5. The van der Waals surface area contributed by atoms with E-state index in [1.807, 2.05) is 27.7 Å². The van der Waals surface area contributed by atoms with Crippen molar-refractivity contribution >= 4 is 6.09 Å². The van der Waals surface area contributed by atoms with Crippen molar-refractivity contribution in [2.75, 3.05) is 13.2 Å². The third kappa shape index (κ3) is 6.51. The molecule has 0 aliphatic heterocycles. The molecule has 1 atom stereocenters. The molecule has 4 heteroatoms. The monoisotopic (exact) mass is 245 g/mol. The van der Waals surface area contributed by atoms with Crippen molar-refractivity contribution in [1.82, 2.24) is 5.32 Å². The van der Waals surface area contributed by atoms with Crippen molar-refractivity contribution in [3.05, 3.63) is 0 Å². The van der Waals surface area contributed by atoms with Gasteiger partial charge < -0.3 is 15.2 Å². The molecule has 4 nitrogen and oxygen atoms in total. The molecule has 0 saturated carbocycles. The lowest BCUT2D eigenvalue weighted by Gasteiger charge is -2.31. The Morgan fingerprint density at radius 2 is 1.88 bits per heavy atom. The van der Waals surface area contributed by atoms with Gasteiger partial charge in [-0.1, -0.05) is 20.3 Å². The molecule has 0 bridgehead atoms. The number of nitrogens with one attached hydrogen (secondary N) is 1. The molecule has 0 radical (unpaired) electrons. The minimum atomic E-state index is -0.483. The van der Waals surface area contributed by atoms with Crippen LogP contribution in [-0.4, -0.2) is 30.0 Å². The number of rotatable bonds is 6. The first-order valence-corrected chi connectivity index (χ1v) is 6.36. The Morgan fingerprint density at radius 1 is 1.29 bits per heavy atom. The van der Waals surface area contributed by atoms with Gasteiger partial charge in [0.2, 0.25) is 0 Å². The summed E-state index contributed by atoms with van der Waals surface area (Å²) in [7, 11) is 0. The molecule has 1 unspecified atom stereocenters. The van der Waals surface area contributed by atoms with E-state index >= 15 is 0 Å². The van der Waals surface area contributed by atoms with Gasteiger partial charge >= 0.3 is 6.09 Å². The number of aliphatic hydroxyl groups is 1. The largest absolute Gasteiger partial charge is 0.444 e. The highest BCUT2D eigenvalue weighted by atomic mass is 16.6. The van der Waals surface area contributed by atoms with E-state index in [2.05, 4.69) is 12.2 Å². The van der Waals surface area contributed by atoms with E-state index in [0.29, 0.717) is 6.54 Å². The van der Waals surface area contributed by atoms with Gasteiger partial charge in [-0.3, -0.25) is 0 Å². The van der Waals surface area contributed by atoms with Gasteiger partial charge in [-0.15, -0.1) is 0 Å². The molecule has 0 rings (SSSR count). The lowest BCUT2D eigenvalue weighted by atomic mass is 9.81. The fraction of sp³-hybridized carbons (Fsp3) is 0.923. The van der Waals surface area contributed by atoms with E-state index < -0.39 is 11.7 Å². The van der Waals surface area contributed by atoms with Crippen LogP contribution in [0.3, 0.4) is 0 Å². The van der Waals surface area contributed by atoms with Gasteiger partial charge in [-0.2, -0.15) is 0 Å². The Morgan fingerprint density at radius 3 is 2.24 bits per heavy atom. The second-order valence-electron chi connectivity index (χ2n) is 5.62. The second kappa shape index (κ2) is 6.84. The molecule has 0 aromatic heterocycles. The summed E-state index contributed by atoms with van der Waals surface area (Å²) in [5.74, 6) is 0. The maximum Gasteiger partial charge on any atom is 0.407 e. The minimum Gasteiger partial charge on any atom is -0.444 e. The molecule has 0 aromatic carbocycles. The van der Waals surface area contributed by atoms with Gasteiger partial charge in [0, 0.05) is 12.0 Å². The summed E-state index contributed by atoms with van der Waals surface area (Å²) < 4.78 is 5.17. The number of amides is 1. The van der Waals surface area contributed by atoms with Gasteiger partial charge in [0.05, 0.1) is 6.61 Å². The van der Waals surface area contributed by atoms with Crippen LogP contribution in [0.2, 0.25) is 0 Å². The van der Waals surface area contributed by atoms with Crippen LogP contribution in [0, 0.1) is 5.41 Å². The van der Waals surface area contributed by atoms with Crippen LogP contribution in [0.5, 0.6) is 0 Å². The van der Waals surface area contributed by atoms with Crippen molar-refractivity contribution in [1.29, 1.82) is 0 Å². The van der Waals surface area contributed by atoms with Crippen LogP contribution in [-0.2, 0) is 4.74 Å².